The number of halogens is 3. The molecule has 2 heterocycles. The molecular formula is C23H27F3N4O2. The molecule has 0 saturated carbocycles. The quantitative estimate of drug-likeness (QED) is 0.248. The van der Waals surface area contributed by atoms with Crippen LogP contribution in [0, 0.1) is 5.92 Å². The number of aromatic amines is 1. The predicted molar refractivity (Wildman–Crippen MR) is 117 cm³/mol. The molecule has 9 heteroatoms. The fourth-order valence-corrected chi connectivity index (χ4v) is 3.73. The molecule has 172 valence electrons. The van der Waals surface area contributed by atoms with E-state index < -0.39 is 18.2 Å². The lowest BCUT2D eigenvalue weighted by molar-refractivity contribution is -0.140. The van der Waals surface area contributed by atoms with E-state index in [-0.39, 0.29) is 12.2 Å². The summed E-state index contributed by atoms with van der Waals surface area (Å²) in [6.07, 6.45) is 2.60. The number of rotatable bonds is 8. The van der Waals surface area contributed by atoms with Crippen molar-refractivity contribution in [2.45, 2.75) is 38.1 Å². The van der Waals surface area contributed by atoms with Gasteiger partial charge in [0, 0.05) is 31.3 Å². The summed E-state index contributed by atoms with van der Waals surface area (Å²) >= 11 is 0. The molecule has 0 radical (unpaired) electrons. The number of nitrogens with one attached hydrogen (secondary N) is 1. The monoisotopic (exact) mass is 448 g/mol. The molecule has 32 heavy (non-hydrogen) atoms. The van der Waals surface area contributed by atoms with Crippen LogP contribution in [0.15, 0.2) is 54.3 Å². The minimum absolute atomic E-state index is 0.0686. The number of alkyl halides is 3. The van der Waals surface area contributed by atoms with Crippen molar-refractivity contribution >= 4 is 11.9 Å². The van der Waals surface area contributed by atoms with Crippen molar-refractivity contribution in [2.24, 2.45) is 10.9 Å². The van der Waals surface area contributed by atoms with E-state index in [0.29, 0.717) is 11.5 Å². The molecular weight excluding hydrogens is 421 g/mol. The van der Waals surface area contributed by atoms with Crippen molar-refractivity contribution in [2.75, 3.05) is 13.1 Å². The Kier molecular flexibility index (Phi) is 7.87. The molecule has 1 saturated heterocycles. The highest BCUT2D eigenvalue weighted by Crippen LogP contribution is 2.28. The molecule has 0 bridgehead atoms. The third-order valence-electron chi connectivity index (χ3n) is 5.40. The van der Waals surface area contributed by atoms with Crippen LogP contribution >= 0.6 is 0 Å². The van der Waals surface area contributed by atoms with Crippen LogP contribution in [0.2, 0.25) is 0 Å². The molecule has 0 atom stereocenters. The standard InChI is InChI=1S/C23H27F3N4O2/c1-2-19(22-28-14-20(29-22)23(24,25)26)13-27-15-30-8-6-16(7-9-30)10-17-4-3-5-18(11-17)12-21(31)32/h2-5,11,13-16,21,31-32H,1,6-10,12H2,(H,28,29)/b19-13+,27-15?. The van der Waals surface area contributed by atoms with Gasteiger partial charge in [0.25, 0.3) is 0 Å². The Hall–Kier alpha value is -2.91. The van der Waals surface area contributed by atoms with Crippen LogP contribution in [0.25, 0.3) is 5.57 Å². The van der Waals surface area contributed by atoms with Gasteiger partial charge in [-0.05, 0) is 36.3 Å². The van der Waals surface area contributed by atoms with E-state index in [1.807, 2.05) is 18.2 Å². The molecule has 0 aliphatic carbocycles. The Morgan fingerprint density at radius 3 is 2.62 bits per heavy atom. The number of nitrogens with zero attached hydrogens (tertiary/aromatic N) is 3. The second-order valence-corrected chi connectivity index (χ2v) is 7.88. The van der Waals surface area contributed by atoms with Gasteiger partial charge in [-0.2, -0.15) is 13.2 Å². The highest BCUT2D eigenvalue weighted by molar-refractivity contribution is 5.70. The van der Waals surface area contributed by atoms with Crippen molar-refractivity contribution in [3.8, 4) is 0 Å². The summed E-state index contributed by atoms with van der Waals surface area (Å²) in [5.74, 6) is 0.594. The summed E-state index contributed by atoms with van der Waals surface area (Å²) < 4.78 is 38.2. The van der Waals surface area contributed by atoms with Gasteiger partial charge in [0.1, 0.15) is 11.5 Å². The summed E-state index contributed by atoms with van der Waals surface area (Å²) in [5.41, 5.74) is 1.56. The Balaban J connectivity index is 1.52. The predicted octanol–water partition coefficient (Wildman–Crippen LogP) is 3.79. The van der Waals surface area contributed by atoms with E-state index in [9.17, 15) is 13.2 Å². The van der Waals surface area contributed by atoms with E-state index in [0.717, 1.165) is 44.1 Å². The first-order chi connectivity index (χ1) is 15.2. The van der Waals surface area contributed by atoms with Gasteiger partial charge < -0.3 is 20.1 Å². The lowest BCUT2D eigenvalue weighted by Gasteiger charge is -2.30. The zero-order valence-corrected chi connectivity index (χ0v) is 17.6. The maximum absolute atomic E-state index is 12.7. The van der Waals surface area contributed by atoms with E-state index in [1.54, 1.807) is 6.34 Å². The zero-order chi connectivity index (χ0) is 23.1. The molecule has 1 aromatic heterocycles. The number of benzene rings is 1. The average Bonchev–Trinajstić information content (AvgIpc) is 3.23. The largest absolute Gasteiger partial charge is 0.432 e. The molecule has 2 aromatic rings. The molecule has 1 aliphatic heterocycles. The number of H-pyrrole nitrogens is 1. The van der Waals surface area contributed by atoms with Crippen LogP contribution < -0.4 is 0 Å². The zero-order valence-electron chi connectivity index (χ0n) is 17.6. The number of likely N-dealkylation sites (tertiary alicyclic amines) is 1. The Morgan fingerprint density at radius 2 is 2.00 bits per heavy atom. The van der Waals surface area contributed by atoms with Crippen LogP contribution in [-0.4, -0.2) is 50.8 Å². The lowest BCUT2D eigenvalue weighted by Crippen LogP contribution is -2.33. The number of aliphatic imine (C=N–C) groups is 1. The van der Waals surface area contributed by atoms with Gasteiger partial charge in [-0.15, -0.1) is 0 Å². The van der Waals surface area contributed by atoms with Gasteiger partial charge in [-0.3, -0.25) is 0 Å². The third-order valence-corrected chi connectivity index (χ3v) is 5.40. The van der Waals surface area contributed by atoms with E-state index >= 15 is 0 Å². The number of piperidine rings is 1. The van der Waals surface area contributed by atoms with Crippen LogP contribution in [0.1, 0.15) is 35.5 Å². The Bertz CT molecular complexity index is 958. The molecule has 6 nitrogen and oxygen atoms in total. The summed E-state index contributed by atoms with van der Waals surface area (Å²) in [7, 11) is 0. The van der Waals surface area contributed by atoms with E-state index in [1.165, 1.54) is 17.8 Å². The lowest BCUT2D eigenvalue weighted by atomic mass is 9.89. The smallest absolute Gasteiger partial charge is 0.368 e. The number of imidazole rings is 1. The summed E-state index contributed by atoms with van der Waals surface area (Å²) in [4.78, 5) is 12.3. The van der Waals surface area contributed by atoms with Gasteiger partial charge in [0.15, 0.2) is 6.29 Å². The van der Waals surface area contributed by atoms with Crippen molar-refractivity contribution < 1.29 is 23.4 Å². The van der Waals surface area contributed by atoms with Crippen molar-refractivity contribution in [3.05, 3.63) is 72.0 Å². The van der Waals surface area contributed by atoms with Gasteiger partial charge >= 0.3 is 6.18 Å². The number of aromatic nitrogens is 2. The van der Waals surface area contributed by atoms with Gasteiger partial charge in [0.2, 0.25) is 0 Å². The van der Waals surface area contributed by atoms with Crippen LogP contribution in [0.5, 0.6) is 0 Å². The molecule has 3 N–H and O–H groups in total. The van der Waals surface area contributed by atoms with Crippen molar-refractivity contribution in [1.82, 2.24) is 14.9 Å². The Morgan fingerprint density at radius 1 is 1.28 bits per heavy atom. The maximum Gasteiger partial charge on any atom is 0.432 e. The highest BCUT2D eigenvalue weighted by Gasteiger charge is 2.33. The Labute approximate surface area is 184 Å². The minimum Gasteiger partial charge on any atom is -0.368 e. The van der Waals surface area contributed by atoms with Crippen LogP contribution in [0.4, 0.5) is 13.2 Å². The first kappa shape index (κ1) is 23.7. The van der Waals surface area contributed by atoms with Gasteiger partial charge in [-0.25, -0.2) is 9.98 Å². The number of hydrogen-bond acceptors (Lipinski definition) is 4. The number of aliphatic hydroxyl groups excluding tert-OH is 1. The molecule has 0 unspecified atom stereocenters. The van der Waals surface area contributed by atoms with Gasteiger partial charge in [0.05, 0.1) is 12.5 Å². The van der Waals surface area contributed by atoms with E-state index in [4.69, 9.17) is 10.2 Å². The van der Waals surface area contributed by atoms with Crippen molar-refractivity contribution in [1.29, 1.82) is 0 Å². The van der Waals surface area contributed by atoms with Crippen molar-refractivity contribution in [3.63, 3.8) is 0 Å². The molecule has 3 rings (SSSR count). The van der Waals surface area contributed by atoms with Gasteiger partial charge in [-0.1, -0.05) is 36.9 Å². The fraction of sp³-hybridized carbons (Fsp3) is 0.391. The molecule has 0 spiro atoms. The van der Waals surface area contributed by atoms with E-state index in [2.05, 4.69) is 32.5 Å². The summed E-state index contributed by atoms with van der Waals surface area (Å²) in [6, 6.07) is 7.91. The van der Waals surface area contributed by atoms with Crippen LogP contribution in [0.3, 0.4) is 0 Å². The number of allylic oxidation sites excluding steroid dienone is 2. The summed E-state index contributed by atoms with van der Waals surface area (Å²) in [5, 5.41) is 18.3. The minimum atomic E-state index is -4.48. The molecule has 0 amide bonds. The second kappa shape index (κ2) is 10.6. The maximum atomic E-state index is 12.7. The molecule has 1 aromatic carbocycles. The molecule has 1 fully saturated rings. The topological polar surface area (TPSA) is 84.7 Å². The first-order valence-electron chi connectivity index (χ1n) is 10.4. The average molecular weight is 448 g/mol. The van der Waals surface area contributed by atoms with Crippen LogP contribution in [-0.2, 0) is 19.0 Å². The SMILES string of the molecule is C=C/C(=C\N=CN1CCC(Cc2cccc(CC(O)O)c2)CC1)c1ncc(C(F)(F)F)[nH]1. The molecule has 1 aliphatic rings. The number of aliphatic hydroxyl groups is 2. The normalized spacial score (nSPS) is 16.3. The number of hydrogen-bond donors (Lipinski definition) is 3. The third kappa shape index (κ3) is 6.80. The highest BCUT2D eigenvalue weighted by atomic mass is 19.4. The summed E-state index contributed by atoms with van der Waals surface area (Å²) in [6.45, 7) is 5.29. The fourth-order valence-electron chi connectivity index (χ4n) is 3.73. The second-order valence-electron chi connectivity index (χ2n) is 7.88. The first-order valence-corrected chi connectivity index (χ1v) is 10.4.